The molecule has 1 N–H and O–H groups in total. The number of aryl methyl sites for hydroxylation is 1. The van der Waals surface area contributed by atoms with E-state index in [1.54, 1.807) is 48.7 Å². The maximum atomic E-state index is 13.8. The fourth-order valence-electron chi connectivity index (χ4n) is 3.61. The summed E-state index contributed by atoms with van der Waals surface area (Å²) in [6, 6.07) is 22.8. The Hall–Kier alpha value is -3.90. The van der Waals surface area contributed by atoms with E-state index < -0.39 is 0 Å². The van der Waals surface area contributed by atoms with Gasteiger partial charge in [-0.2, -0.15) is 5.10 Å². The summed E-state index contributed by atoms with van der Waals surface area (Å²) in [6.07, 6.45) is 1.62. The minimum atomic E-state index is -0.312. The number of hydrazone groups is 1. The summed E-state index contributed by atoms with van der Waals surface area (Å²) in [5, 5.41) is 4.67. The topological polar surface area (TPSA) is 55.6 Å². The van der Waals surface area contributed by atoms with Crippen LogP contribution in [0, 0.1) is 19.7 Å². The molecular formula is C27H23ClFN3O2. The van der Waals surface area contributed by atoms with Crippen molar-refractivity contribution in [1.82, 2.24) is 9.99 Å². The van der Waals surface area contributed by atoms with Crippen LogP contribution in [-0.4, -0.2) is 16.7 Å². The van der Waals surface area contributed by atoms with E-state index >= 15 is 0 Å². The number of nitrogens with one attached hydrogen (secondary N) is 1. The molecule has 34 heavy (non-hydrogen) atoms. The lowest BCUT2D eigenvalue weighted by Crippen LogP contribution is -2.17. The van der Waals surface area contributed by atoms with E-state index in [0.717, 1.165) is 22.6 Å². The van der Waals surface area contributed by atoms with E-state index in [-0.39, 0.29) is 18.3 Å². The monoisotopic (exact) mass is 475 g/mol. The molecule has 4 rings (SSSR count). The highest BCUT2D eigenvalue weighted by molar-refractivity contribution is 6.30. The Labute approximate surface area is 202 Å². The predicted octanol–water partition coefficient (Wildman–Crippen LogP) is 6.23. The van der Waals surface area contributed by atoms with Crippen LogP contribution in [0.2, 0.25) is 5.02 Å². The minimum Gasteiger partial charge on any atom is -0.489 e. The molecule has 172 valence electrons. The molecule has 5 nitrogen and oxygen atoms in total. The van der Waals surface area contributed by atoms with Crippen LogP contribution < -0.4 is 10.2 Å². The van der Waals surface area contributed by atoms with Crippen molar-refractivity contribution in [3.05, 3.63) is 118 Å². The normalized spacial score (nSPS) is 11.1. The summed E-state index contributed by atoms with van der Waals surface area (Å²) in [5.41, 5.74) is 7.35. The third kappa shape index (κ3) is 5.35. The number of carbonyl (C=O) groups excluding carboxylic acids is 1. The number of carbonyl (C=O) groups is 1. The van der Waals surface area contributed by atoms with Gasteiger partial charge in [0, 0.05) is 38.8 Å². The number of hydrogen-bond donors (Lipinski definition) is 1. The number of hydrogen-bond acceptors (Lipinski definition) is 3. The second-order valence-electron chi connectivity index (χ2n) is 7.74. The molecule has 0 atom stereocenters. The summed E-state index contributed by atoms with van der Waals surface area (Å²) >= 11 is 5.86. The summed E-state index contributed by atoms with van der Waals surface area (Å²) in [7, 11) is 0. The van der Waals surface area contributed by atoms with Crippen LogP contribution in [0.5, 0.6) is 5.75 Å². The fourth-order valence-corrected chi connectivity index (χ4v) is 3.74. The van der Waals surface area contributed by atoms with Gasteiger partial charge in [-0.25, -0.2) is 9.82 Å². The number of rotatable bonds is 7. The quantitative estimate of drug-likeness (QED) is 0.254. The number of aromatic nitrogens is 1. The molecule has 0 aliphatic carbocycles. The Morgan fingerprint density at radius 3 is 2.47 bits per heavy atom. The maximum absolute atomic E-state index is 13.8. The van der Waals surface area contributed by atoms with Gasteiger partial charge in [0.05, 0.1) is 6.21 Å². The van der Waals surface area contributed by atoms with Crippen LogP contribution in [-0.2, 0) is 6.61 Å². The molecule has 0 saturated carbocycles. The van der Waals surface area contributed by atoms with Gasteiger partial charge in [0.2, 0.25) is 0 Å². The lowest BCUT2D eigenvalue weighted by molar-refractivity contribution is 0.0955. The van der Waals surface area contributed by atoms with Crippen molar-refractivity contribution >= 4 is 23.7 Å². The molecule has 0 unspecified atom stereocenters. The average Bonchev–Trinajstić information content (AvgIpc) is 3.12. The van der Waals surface area contributed by atoms with E-state index in [4.69, 9.17) is 16.3 Å². The van der Waals surface area contributed by atoms with Crippen LogP contribution in [0.15, 0.2) is 84.0 Å². The molecular weight excluding hydrogens is 453 g/mol. The Kier molecular flexibility index (Phi) is 7.09. The molecule has 1 heterocycles. The molecule has 0 aliphatic rings. The summed E-state index contributed by atoms with van der Waals surface area (Å²) in [6.45, 7) is 4.15. The maximum Gasteiger partial charge on any atom is 0.271 e. The first-order valence-corrected chi connectivity index (χ1v) is 11.0. The van der Waals surface area contributed by atoms with Crippen molar-refractivity contribution in [1.29, 1.82) is 0 Å². The number of amides is 1. The molecule has 0 radical (unpaired) electrons. The molecule has 4 aromatic rings. The Balaban J connectivity index is 1.43. The lowest BCUT2D eigenvalue weighted by Gasteiger charge is -2.12. The fraction of sp³-hybridized carbons (Fsp3) is 0.111. The Morgan fingerprint density at radius 1 is 1.06 bits per heavy atom. The lowest BCUT2D eigenvalue weighted by atomic mass is 10.2. The van der Waals surface area contributed by atoms with Gasteiger partial charge >= 0.3 is 0 Å². The number of benzene rings is 3. The number of ether oxygens (including phenoxy) is 1. The van der Waals surface area contributed by atoms with Crippen molar-refractivity contribution in [2.45, 2.75) is 20.5 Å². The zero-order valence-electron chi connectivity index (χ0n) is 18.8. The van der Waals surface area contributed by atoms with E-state index in [9.17, 15) is 9.18 Å². The molecule has 0 bridgehead atoms. The third-order valence-corrected chi connectivity index (χ3v) is 5.65. The van der Waals surface area contributed by atoms with E-state index in [1.165, 1.54) is 6.07 Å². The highest BCUT2D eigenvalue weighted by Crippen LogP contribution is 2.23. The van der Waals surface area contributed by atoms with Crippen molar-refractivity contribution in [3.63, 3.8) is 0 Å². The smallest absolute Gasteiger partial charge is 0.271 e. The SMILES string of the molecule is Cc1cc(/C=N\NC(=O)c2ccc(Cl)cc2)c(C)n1-c1ccc(OCc2ccccc2F)cc1. The van der Waals surface area contributed by atoms with Crippen LogP contribution in [0.3, 0.4) is 0 Å². The first-order chi connectivity index (χ1) is 16.4. The first-order valence-electron chi connectivity index (χ1n) is 10.7. The highest BCUT2D eigenvalue weighted by Gasteiger charge is 2.10. The molecule has 0 fully saturated rings. The van der Waals surface area contributed by atoms with Gasteiger partial charge in [0.25, 0.3) is 5.91 Å². The zero-order chi connectivity index (χ0) is 24.1. The molecule has 0 spiro atoms. The van der Waals surface area contributed by atoms with Gasteiger partial charge in [-0.1, -0.05) is 29.8 Å². The van der Waals surface area contributed by atoms with E-state index in [0.29, 0.717) is 21.9 Å². The second kappa shape index (κ2) is 10.4. The van der Waals surface area contributed by atoms with Crippen molar-refractivity contribution < 1.29 is 13.9 Å². The zero-order valence-corrected chi connectivity index (χ0v) is 19.5. The van der Waals surface area contributed by atoms with Gasteiger partial charge in [0.1, 0.15) is 18.2 Å². The summed E-state index contributed by atoms with van der Waals surface area (Å²) < 4.78 is 21.6. The van der Waals surface area contributed by atoms with Gasteiger partial charge in [-0.15, -0.1) is 0 Å². The second-order valence-corrected chi connectivity index (χ2v) is 8.18. The van der Waals surface area contributed by atoms with Gasteiger partial charge in [-0.3, -0.25) is 4.79 Å². The van der Waals surface area contributed by atoms with Crippen LogP contribution >= 0.6 is 11.6 Å². The van der Waals surface area contributed by atoms with Crippen molar-refractivity contribution in [2.75, 3.05) is 0 Å². The van der Waals surface area contributed by atoms with Gasteiger partial charge in [0.15, 0.2) is 0 Å². The molecule has 0 aliphatic heterocycles. The number of halogens is 2. The van der Waals surface area contributed by atoms with E-state index in [1.807, 2.05) is 44.2 Å². The van der Waals surface area contributed by atoms with Crippen LogP contribution in [0.1, 0.15) is 32.9 Å². The van der Waals surface area contributed by atoms with Crippen molar-refractivity contribution in [3.8, 4) is 11.4 Å². The largest absolute Gasteiger partial charge is 0.489 e. The standard InChI is InChI=1S/C27H23ClFN3O2/c1-18-15-22(16-30-31-27(33)20-7-9-23(28)10-8-20)19(2)32(18)24-11-13-25(14-12-24)34-17-21-5-3-4-6-26(21)29/h3-16H,17H2,1-2H3,(H,31,33)/b30-16-. The van der Waals surface area contributed by atoms with E-state index in [2.05, 4.69) is 15.1 Å². The van der Waals surface area contributed by atoms with Crippen LogP contribution in [0.25, 0.3) is 5.69 Å². The Bertz CT molecular complexity index is 1330. The third-order valence-electron chi connectivity index (χ3n) is 5.39. The predicted molar refractivity (Wildman–Crippen MR) is 132 cm³/mol. The molecule has 3 aromatic carbocycles. The molecule has 1 amide bonds. The first kappa shape index (κ1) is 23.3. The van der Waals surface area contributed by atoms with Gasteiger partial charge in [-0.05, 0) is 74.5 Å². The molecule has 1 aromatic heterocycles. The molecule has 0 saturated heterocycles. The minimum absolute atomic E-state index is 0.163. The van der Waals surface area contributed by atoms with Crippen molar-refractivity contribution in [2.24, 2.45) is 5.10 Å². The summed E-state index contributed by atoms with van der Waals surface area (Å²) in [5.74, 6) is 0.0603. The highest BCUT2D eigenvalue weighted by atomic mass is 35.5. The average molecular weight is 476 g/mol. The van der Waals surface area contributed by atoms with Gasteiger partial charge < -0.3 is 9.30 Å². The molecule has 7 heteroatoms. The summed E-state index contributed by atoms with van der Waals surface area (Å²) in [4.78, 5) is 12.2. The number of nitrogens with zero attached hydrogens (tertiary/aromatic N) is 2. The Morgan fingerprint density at radius 2 is 1.76 bits per heavy atom. The van der Waals surface area contributed by atoms with Crippen LogP contribution in [0.4, 0.5) is 4.39 Å².